The summed E-state index contributed by atoms with van der Waals surface area (Å²) in [6.07, 6.45) is 5.73. The normalized spacial score (nSPS) is 16.0. The lowest BCUT2D eigenvalue weighted by atomic mass is 10.1. The topological polar surface area (TPSA) is 87.7 Å². The Balaban J connectivity index is 1.55. The lowest BCUT2D eigenvalue weighted by Gasteiger charge is -2.22. The van der Waals surface area contributed by atoms with Crippen LogP contribution < -0.4 is 15.0 Å². The molecule has 1 aliphatic rings. The number of imidazole rings is 1. The Labute approximate surface area is 185 Å². The van der Waals surface area contributed by atoms with Crippen molar-refractivity contribution in [2.45, 2.75) is 13.0 Å². The second-order valence-corrected chi connectivity index (χ2v) is 7.60. The van der Waals surface area contributed by atoms with Crippen LogP contribution in [0.3, 0.4) is 0 Å². The lowest BCUT2D eigenvalue weighted by Crippen LogP contribution is -2.33. The number of nitrogens with zero attached hydrogens (tertiary/aromatic N) is 5. The number of aromatic nitrogens is 4. The fourth-order valence-corrected chi connectivity index (χ4v) is 4.02. The molecule has 0 saturated heterocycles. The summed E-state index contributed by atoms with van der Waals surface area (Å²) in [5.74, 6) is 1.83. The fourth-order valence-electron chi connectivity index (χ4n) is 4.02. The fraction of sp³-hybridized carbons (Fsp3) is 0.261. The molecule has 0 amide bonds. The van der Waals surface area contributed by atoms with E-state index in [0.717, 1.165) is 33.6 Å². The second kappa shape index (κ2) is 8.01. The van der Waals surface area contributed by atoms with E-state index in [1.807, 2.05) is 49.0 Å². The molecule has 0 aliphatic carbocycles. The van der Waals surface area contributed by atoms with Gasteiger partial charge in [0.25, 0.3) is 0 Å². The molecular formula is C23H24N6O3. The van der Waals surface area contributed by atoms with E-state index in [1.165, 1.54) is 0 Å². The van der Waals surface area contributed by atoms with Gasteiger partial charge in [-0.05, 0) is 31.2 Å². The molecule has 4 heterocycles. The summed E-state index contributed by atoms with van der Waals surface area (Å²) >= 11 is 0. The molecule has 0 radical (unpaired) electrons. The molecule has 1 aromatic carbocycles. The molecule has 0 spiro atoms. The summed E-state index contributed by atoms with van der Waals surface area (Å²) < 4.78 is 15.1. The first-order chi connectivity index (χ1) is 15.6. The van der Waals surface area contributed by atoms with Crippen molar-refractivity contribution in [2.24, 2.45) is 12.0 Å². The van der Waals surface area contributed by atoms with E-state index in [-0.39, 0.29) is 6.04 Å². The number of aryl methyl sites for hydroxylation is 2. The summed E-state index contributed by atoms with van der Waals surface area (Å²) in [7, 11) is 5.29. The third-order valence-electron chi connectivity index (χ3n) is 5.55. The minimum absolute atomic E-state index is 0.213. The standard InChI is InChI=1S/C23H24N6O3/c1-14-10-29(13-24-14)19-9-8-16(26-23(19)31-4)22-25-17(12-32-27-22)15-11-28(2)18-6-5-7-20(30-3)21(15)18/h5-11,13,17H,12H2,1-4H3,(H,25,27). The molecule has 0 fully saturated rings. The third kappa shape index (κ3) is 3.36. The van der Waals surface area contributed by atoms with E-state index < -0.39 is 0 Å². The Bertz CT molecular complexity index is 1320. The number of rotatable bonds is 5. The van der Waals surface area contributed by atoms with Gasteiger partial charge in [-0.1, -0.05) is 6.07 Å². The zero-order valence-corrected chi connectivity index (χ0v) is 18.4. The van der Waals surface area contributed by atoms with E-state index in [2.05, 4.69) is 32.3 Å². The van der Waals surface area contributed by atoms with Gasteiger partial charge >= 0.3 is 0 Å². The molecule has 1 atom stereocenters. The van der Waals surface area contributed by atoms with Crippen LogP contribution in [0.15, 0.2) is 54.0 Å². The third-order valence-corrected chi connectivity index (χ3v) is 5.55. The molecule has 0 bridgehead atoms. The number of hydrogen-bond donors (Lipinski definition) is 1. The highest BCUT2D eigenvalue weighted by Gasteiger charge is 2.25. The molecule has 9 heteroatoms. The molecule has 9 nitrogen and oxygen atoms in total. The highest BCUT2D eigenvalue weighted by molar-refractivity contribution is 5.97. The van der Waals surface area contributed by atoms with Gasteiger partial charge in [0.05, 0.1) is 31.8 Å². The maximum Gasteiger partial charge on any atom is 0.238 e. The number of methoxy groups -OCH3 is 2. The number of pyridine rings is 1. The van der Waals surface area contributed by atoms with Crippen LogP contribution >= 0.6 is 0 Å². The van der Waals surface area contributed by atoms with Crippen molar-refractivity contribution in [1.29, 1.82) is 0 Å². The predicted octanol–water partition coefficient (Wildman–Crippen LogP) is 3.11. The first-order valence-electron chi connectivity index (χ1n) is 10.2. The molecule has 32 heavy (non-hydrogen) atoms. The molecule has 164 valence electrons. The lowest BCUT2D eigenvalue weighted by molar-refractivity contribution is 0.0622. The average Bonchev–Trinajstić information content (AvgIpc) is 3.42. The molecule has 4 aromatic rings. The van der Waals surface area contributed by atoms with Crippen LogP contribution in [0.25, 0.3) is 16.6 Å². The summed E-state index contributed by atoms with van der Waals surface area (Å²) in [5, 5.41) is 1.03. The van der Waals surface area contributed by atoms with Gasteiger partial charge < -0.3 is 18.6 Å². The maximum absolute atomic E-state index is 5.70. The first-order valence-corrected chi connectivity index (χ1v) is 10.2. The number of ether oxygens (including phenoxy) is 2. The van der Waals surface area contributed by atoms with Crippen molar-refractivity contribution in [1.82, 2.24) is 24.6 Å². The van der Waals surface area contributed by atoms with Gasteiger partial charge in [0.2, 0.25) is 5.88 Å². The molecule has 3 aromatic heterocycles. The summed E-state index contributed by atoms with van der Waals surface area (Å²) in [6, 6.07) is 9.61. The SMILES string of the molecule is COc1nc(C2=NC(c3cn(C)c4cccc(OC)c34)CON2)ccc1-n1cnc(C)c1. The van der Waals surface area contributed by atoms with Crippen molar-refractivity contribution in [3.05, 3.63) is 66.0 Å². The number of nitrogens with one attached hydrogen (secondary N) is 1. The van der Waals surface area contributed by atoms with Crippen LogP contribution in [0, 0.1) is 6.92 Å². The zero-order valence-electron chi connectivity index (χ0n) is 18.4. The van der Waals surface area contributed by atoms with E-state index in [4.69, 9.17) is 19.3 Å². The Morgan fingerprint density at radius 3 is 2.75 bits per heavy atom. The van der Waals surface area contributed by atoms with Crippen LogP contribution in [0.4, 0.5) is 0 Å². The van der Waals surface area contributed by atoms with Crippen LogP contribution in [-0.2, 0) is 11.9 Å². The Hall–Kier alpha value is -3.85. The molecule has 1 aliphatic heterocycles. The van der Waals surface area contributed by atoms with Crippen LogP contribution in [0.2, 0.25) is 0 Å². The quantitative estimate of drug-likeness (QED) is 0.521. The molecule has 0 saturated carbocycles. The number of aliphatic imine (C=N–C) groups is 1. The van der Waals surface area contributed by atoms with Gasteiger partial charge in [-0.15, -0.1) is 0 Å². The van der Waals surface area contributed by atoms with Gasteiger partial charge in [-0.25, -0.2) is 15.4 Å². The average molecular weight is 432 g/mol. The Morgan fingerprint density at radius 1 is 1.12 bits per heavy atom. The van der Waals surface area contributed by atoms with Gasteiger partial charge in [0, 0.05) is 30.4 Å². The van der Waals surface area contributed by atoms with Gasteiger partial charge in [0.15, 0.2) is 5.84 Å². The van der Waals surface area contributed by atoms with Gasteiger partial charge in [0.1, 0.15) is 29.8 Å². The second-order valence-electron chi connectivity index (χ2n) is 7.60. The van der Waals surface area contributed by atoms with Crippen LogP contribution in [-0.4, -0.2) is 45.8 Å². The Kier molecular flexibility index (Phi) is 5.02. The van der Waals surface area contributed by atoms with E-state index >= 15 is 0 Å². The van der Waals surface area contributed by atoms with E-state index in [9.17, 15) is 0 Å². The number of hydrogen-bond acceptors (Lipinski definition) is 7. The van der Waals surface area contributed by atoms with Crippen molar-refractivity contribution in [3.63, 3.8) is 0 Å². The van der Waals surface area contributed by atoms with Crippen molar-refractivity contribution in [3.8, 4) is 17.3 Å². The van der Waals surface area contributed by atoms with Crippen LogP contribution in [0.1, 0.15) is 23.0 Å². The number of hydroxylamine groups is 1. The maximum atomic E-state index is 5.70. The minimum atomic E-state index is -0.213. The number of fused-ring (bicyclic) bond motifs is 1. The number of amidine groups is 1. The number of benzene rings is 1. The summed E-state index contributed by atoms with van der Waals surface area (Å²) in [4.78, 5) is 19.5. The molecule has 1 unspecified atom stereocenters. The highest BCUT2D eigenvalue weighted by Crippen LogP contribution is 2.36. The molecular weight excluding hydrogens is 408 g/mol. The predicted molar refractivity (Wildman–Crippen MR) is 120 cm³/mol. The van der Waals surface area contributed by atoms with Crippen molar-refractivity contribution < 1.29 is 14.3 Å². The van der Waals surface area contributed by atoms with E-state index in [1.54, 1.807) is 20.5 Å². The van der Waals surface area contributed by atoms with Gasteiger partial charge in [-0.3, -0.25) is 9.83 Å². The summed E-state index contributed by atoms with van der Waals surface area (Å²) in [5.41, 5.74) is 7.36. The smallest absolute Gasteiger partial charge is 0.238 e. The van der Waals surface area contributed by atoms with Crippen LogP contribution in [0.5, 0.6) is 11.6 Å². The molecule has 1 N–H and O–H groups in total. The van der Waals surface area contributed by atoms with E-state index in [0.29, 0.717) is 24.0 Å². The van der Waals surface area contributed by atoms with Crippen molar-refractivity contribution in [2.75, 3.05) is 20.8 Å². The molecule has 5 rings (SSSR count). The minimum Gasteiger partial charge on any atom is -0.496 e. The highest BCUT2D eigenvalue weighted by atomic mass is 16.6. The van der Waals surface area contributed by atoms with Gasteiger partial charge in [-0.2, -0.15) is 0 Å². The zero-order chi connectivity index (χ0) is 22.2. The van der Waals surface area contributed by atoms with Crippen molar-refractivity contribution >= 4 is 16.7 Å². The first kappa shape index (κ1) is 20.1. The monoisotopic (exact) mass is 432 g/mol. The Morgan fingerprint density at radius 2 is 2.00 bits per heavy atom. The summed E-state index contributed by atoms with van der Waals surface area (Å²) in [6.45, 7) is 2.33. The largest absolute Gasteiger partial charge is 0.496 e.